The number of fused-ring (bicyclic) bond motifs is 1. The lowest BCUT2D eigenvalue weighted by Crippen LogP contribution is -2.29. The predicted molar refractivity (Wildman–Crippen MR) is 84.3 cm³/mol. The molecule has 0 aliphatic heterocycles. The van der Waals surface area contributed by atoms with Crippen molar-refractivity contribution in [3.63, 3.8) is 0 Å². The van der Waals surface area contributed by atoms with E-state index in [1.165, 1.54) is 30.2 Å². The van der Waals surface area contributed by atoms with Gasteiger partial charge in [-0.25, -0.2) is 0 Å². The number of hydrogen-bond donors (Lipinski definition) is 1. The van der Waals surface area contributed by atoms with Crippen molar-refractivity contribution in [3.8, 4) is 0 Å². The Morgan fingerprint density at radius 3 is 2.75 bits per heavy atom. The molecule has 2 nitrogen and oxygen atoms in total. The zero-order valence-corrected chi connectivity index (χ0v) is 12.4. The zero-order chi connectivity index (χ0) is 14.1. The lowest BCUT2D eigenvalue weighted by molar-refractivity contribution is 0.186. The van der Waals surface area contributed by atoms with Crippen LogP contribution in [0, 0.1) is 17.8 Å². The number of nitrogens with zero attached hydrogens (tertiary/aromatic N) is 1. The second-order valence-electron chi connectivity index (χ2n) is 6.47. The molecule has 0 amide bonds. The number of rotatable bonds is 2. The Labute approximate surface area is 121 Å². The minimum absolute atomic E-state index is 0.137. The Hall–Kier alpha value is -1.41. The minimum Gasteiger partial charge on any atom is -0.324 e. The van der Waals surface area contributed by atoms with Crippen LogP contribution in [-0.2, 0) is 0 Å². The summed E-state index contributed by atoms with van der Waals surface area (Å²) in [5.74, 6) is 2.23. The molecule has 20 heavy (non-hydrogen) atoms. The van der Waals surface area contributed by atoms with Crippen LogP contribution in [0.5, 0.6) is 0 Å². The summed E-state index contributed by atoms with van der Waals surface area (Å²) in [5, 5.41) is 1.22. The van der Waals surface area contributed by atoms with Gasteiger partial charge in [-0.05, 0) is 48.3 Å². The van der Waals surface area contributed by atoms with Gasteiger partial charge >= 0.3 is 0 Å². The molecule has 1 aliphatic carbocycles. The molecule has 1 aromatic carbocycles. The van der Waals surface area contributed by atoms with Crippen LogP contribution in [0.15, 0.2) is 36.5 Å². The van der Waals surface area contributed by atoms with Crippen LogP contribution in [0.1, 0.15) is 44.7 Å². The molecule has 106 valence electrons. The highest BCUT2D eigenvalue weighted by molar-refractivity contribution is 5.82. The Morgan fingerprint density at radius 1 is 1.10 bits per heavy atom. The summed E-state index contributed by atoms with van der Waals surface area (Å²) in [6.07, 6.45) is 5.66. The number of benzene rings is 1. The van der Waals surface area contributed by atoms with Crippen molar-refractivity contribution >= 4 is 10.9 Å². The van der Waals surface area contributed by atoms with E-state index in [0.29, 0.717) is 5.92 Å². The molecule has 4 unspecified atom stereocenters. The standard InChI is InChI=1S/C18H24N2/c1-12-8-9-14(11-13(12)2)18(19)16-5-3-7-17-15(16)6-4-10-20-17/h3-7,10,12-14,18H,8-9,11,19H2,1-2H3. The van der Waals surface area contributed by atoms with E-state index in [1.54, 1.807) is 0 Å². The summed E-state index contributed by atoms with van der Waals surface area (Å²) in [5.41, 5.74) is 8.94. The molecular formula is C18H24N2. The van der Waals surface area contributed by atoms with Crippen LogP contribution in [0.2, 0.25) is 0 Å². The quantitative estimate of drug-likeness (QED) is 0.881. The summed E-state index contributed by atoms with van der Waals surface area (Å²) < 4.78 is 0. The summed E-state index contributed by atoms with van der Waals surface area (Å²) in [6, 6.07) is 10.6. The van der Waals surface area contributed by atoms with Crippen molar-refractivity contribution in [1.82, 2.24) is 4.98 Å². The van der Waals surface area contributed by atoms with Crippen LogP contribution in [0.25, 0.3) is 10.9 Å². The molecule has 3 rings (SSSR count). The van der Waals surface area contributed by atoms with Crippen molar-refractivity contribution in [3.05, 3.63) is 42.1 Å². The molecule has 1 aliphatic rings. The van der Waals surface area contributed by atoms with Crippen molar-refractivity contribution in [1.29, 1.82) is 0 Å². The third-order valence-corrected chi connectivity index (χ3v) is 5.19. The lowest BCUT2D eigenvalue weighted by Gasteiger charge is -2.35. The van der Waals surface area contributed by atoms with Gasteiger partial charge in [0.25, 0.3) is 0 Å². The van der Waals surface area contributed by atoms with Gasteiger partial charge in [-0.2, -0.15) is 0 Å². The first-order valence-corrected chi connectivity index (χ1v) is 7.76. The topological polar surface area (TPSA) is 38.9 Å². The van der Waals surface area contributed by atoms with Gasteiger partial charge in [0.05, 0.1) is 5.52 Å². The Balaban J connectivity index is 1.91. The number of aromatic nitrogens is 1. The fourth-order valence-electron chi connectivity index (χ4n) is 3.59. The van der Waals surface area contributed by atoms with Gasteiger partial charge < -0.3 is 5.73 Å². The first kappa shape index (κ1) is 13.6. The SMILES string of the molecule is CC1CCC(C(N)c2cccc3ncccc23)CC1C. The summed E-state index contributed by atoms with van der Waals surface area (Å²) in [6.45, 7) is 4.74. The van der Waals surface area contributed by atoms with E-state index in [2.05, 4.69) is 43.1 Å². The molecule has 0 bridgehead atoms. The van der Waals surface area contributed by atoms with Gasteiger partial charge in [-0.15, -0.1) is 0 Å². The smallest absolute Gasteiger partial charge is 0.0705 e. The Kier molecular flexibility index (Phi) is 3.75. The minimum atomic E-state index is 0.137. The summed E-state index contributed by atoms with van der Waals surface area (Å²) >= 11 is 0. The zero-order valence-electron chi connectivity index (χ0n) is 12.4. The molecule has 2 heteroatoms. The molecule has 2 aromatic rings. The monoisotopic (exact) mass is 268 g/mol. The first-order chi connectivity index (χ1) is 9.66. The largest absolute Gasteiger partial charge is 0.324 e. The van der Waals surface area contributed by atoms with Crippen LogP contribution < -0.4 is 5.73 Å². The molecule has 1 fully saturated rings. The maximum Gasteiger partial charge on any atom is 0.0705 e. The van der Waals surface area contributed by atoms with Gasteiger partial charge in [-0.1, -0.05) is 38.5 Å². The van der Waals surface area contributed by atoms with E-state index in [0.717, 1.165) is 17.4 Å². The van der Waals surface area contributed by atoms with Gasteiger partial charge in [0.2, 0.25) is 0 Å². The van der Waals surface area contributed by atoms with Gasteiger partial charge in [-0.3, -0.25) is 4.98 Å². The number of pyridine rings is 1. The Bertz CT molecular complexity index is 587. The Morgan fingerprint density at radius 2 is 1.95 bits per heavy atom. The average molecular weight is 268 g/mol. The van der Waals surface area contributed by atoms with Crippen molar-refractivity contribution in [2.24, 2.45) is 23.5 Å². The molecule has 1 heterocycles. The van der Waals surface area contributed by atoms with E-state index in [4.69, 9.17) is 5.73 Å². The predicted octanol–water partition coefficient (Wildman–Crippen LogP) is 4.31. The fraction of sp³-hybridized carbons (Fsp3) is 0.500. The van der Waals surface area contributed by atoms with Crippen LogP contribution in [0.3, 0.4) is 0 Å². The van der Waals surface area contributed by atoms with E-state index in [9.17, 15) is 0 Å². The molecule has 0 saturated heterocycles. The van der Waals surface area contributed by atoms with E-state index >= 15 is 0 Å². The molecule has 0 radical (unpaired) electrons. The van der Waals surface area contributed by atoms with Gasteiger partial charge in [0, 0.05) is 17.6 Å². The van der Waals surface area contributed by atoms with Crippen LogP contribution in [0.4, 0.5) is 0 Å². The summed E-state index contributed by atoms with van der Waals surface area (Å²) in [7, 11) is 0. The van der Waals surface area contributed by atoms with Crippen LogP contribution in [-0.4, -0.2) is 4.98 Å². The van der Waals surface area contributed by atoms with Gasteiger partial charge in [0.15, 0.2) is 0 Å². The van der Waals surface area contributed by atoms with Gasteiger partial charge in [0.1, 0.15) is 0 Å². The molecule has 1 saturated carbocycles. The first-order valence-electron chi connectivity index (χ1n) is 7.76. The second kappa shape index (κ2) is 5.53. The van der Waals surface area contributed by atoms with Crippen LogP contribution >= 0.6 is 0 Å². The summed E-state index contributed by atoms with van der Waals surface area (Å²) in [4.78, 5) is 4.44. The maximum absolute atomic E-state index is 6.62. The van der Waals surface area contributed by atoms with Crippen molar-refractivity contribution in [2.75, 3.05) is 0 Å². The van der Waals surface area contributed by atoms with Crippen molar-refractivity contribution in [2.45, 2.75) is 39.2 Å². The van der Waals surface area contributed by atoms with E-state index in [1.807, 2.05) is 12.3 Å². The highest BCUT2D eigenvalue weighted by Gasteiger charge is 2.29. The second-order valence-corrected chi connectivity index (χ2v) is 6.47. The molecule has 2 N–H and O–H groups in total. The third kappa shape index (κ3) is 2.45. The third-order valence-electron chi connectivity index (χ3n) is 5.19. The molecule has 1 aromatic heterocycles. The highest BCUT2D eigenvalue weighted by Crippen LogP contribution is 2.40. The fourth-order valence-corrected chi connectivity index (χ4v) is 3.59. The highest BCUT2D eigenvalue weighted by atomic mass is 14.7. The van der Waals surface area contributed by atoms with E-state index < -0.39 is 0 Å². The van der Waals surface area contributed by atoms with E-state index in [-0.39, 0.29) is 6.04 Å². The molecule has 0 spiro atoms. The van der Waals surface area contributed by atoms with Crippen molar-refractivity contribution < 1.29 is 0 Å². The lowest BCUT2D eigenvalue weighted by atomic mass is 9.72. The number of nitrogens with two attached hydrogens (primary N) is 1. The number of hydrogen-bond acceptors (Lipinski definition) is 2. The average Bonchev–Trinajstić information content (AvgIpc) is 2.49. The normalized spacial score (nSPS) is 28.4. The maximum atomic E-state index is 6.62. The molecular weight excluding hydrogens is 244 g/mol. The molecule has 4 atom stereocenters.